The van der Waals surface area contributed by atoms with Gasteiger partial charge in [-0.05, 0) is 6.07 Å². The van der Waals surface area contributed by atoms with Crippen LogP contribution in [0.2, 0.25) is 5.02 Å². The minimum absolute atomic E-state index is 0.269. The average Bonchev–Trinajstić information content (AvgIpc) is 2.94. The highest BCUT2D eigenvalue weighted by molar-refractivity contribution is 6.31. The van der Waals surface area contributed by atoms with Crippen molar-refractivity contribution in [1.82, 2.24) is 24.7 Å². The molecule has 3 heterocycles. The van der Waals surface area contributed by atoms with Crippen molar-refractivity contribution >= 4 is 34.4 Å². The van der Waals surface area contributed by atoms with Gasteiger partial charge in [0.25, 0.3) is 0 Å². The number of hydrogen-bond donors (Lipinski definition) is 0. The van der Waals surface area contributed by atoms with Crippen LogP contribution in [-0.4, -0.2) is 24.7 Å². The summed E-state index contributed by atoms with van der Waals surface area (Å²) in [5.74, 6) is 2.03. The van der Waals surface area contributed by atoms with Gasteiger partial charge in [-0.1, -0.05) is 16.8 Å². The van der Waals surface area contributed by atoms with Crippen LogP contribution in [0.15, 0.2) is 16.8 Å². The van der Waals surface area contributed by atoms with Crippen molar-refractivity contribution in [3.05, 3.63) is 34.8 Å². The van der Waals surface area contributed by atoms with Crippen LogP contribution in [0, 0.1) is 6.92 Å². The fourth-order valence-electron chi connectivity index (χ4n) is 1.85. The van der Waals surface area contributed by atoms with E-state index in [4.69, 9.17) is 27.7 Å². The van der Waals surface area contributed by atoms with Crippen molar-refractivity contribution in [2.45, 2.75) is 19.3 Å². The van der Waals surface area contributed by atoms with Gasteiger partial charge in [0.15, 0.2) is 11.5 Å². The second kappa shape index (κ2) is 4.79. The minimum atomic E-state index is 0.269. The fourth-order valence-corrected chi connectivity index (χ4v) is 2.20. The first kappa shape index (κ1) is 12.4. The first-order valence-corrected chi connectivity index (χ1v) is 6.44. The van der Waals surface area contributed by atoms with E-state index in [9.17, 15) is 0 Å². The van der Waals surface area contributed by atoms with Crippen LogP contribution in [0.5, 0.6) is 0 Å². The third-order valence-corrected chi connectivity index (χ3v) is 3.07. The smallest absolute Gasteiger partial charge is 0.223 e. The van der Waals surface area contributed by atoms with Crippen LogP contribution in [0.4, 0.5) is 0 Å². The number of rotatable bonds is 3. The Morgan fingerprint density at radius 2 is 2.21 bits per heavy atom. The number of aryl methyl sites for hydroxylation is 1. The zero-order valence-corrected chi connectivity index (χ0v) is 11.5. The topological polar surface area (TPSA) is 69.6 Å². The summed E-state index contributed by atoms with van der Waals surface area (Å²) in [7, 11) is 0. The van der Waals surface area contributed by atoms with Gasteiger partial charge >= 0.3 is 0 Å². The number of halogens is 2. The molecular formula is C11H9Cl2N5O. The van der Waals surface area contributed by atoms with E-state index in [0.717, 1.165) is 0 Å². The van der Waals surface area contributed by atoms with E-state index < -0.39 is 0 Å². The largest absolute Gasteiger partial charge is 0.340 e. The van der Waals surface area contributed by atoms with Crippen LogP contribution in [-0.2, 0) is 12.4 Å². The number of hydrogen-bond acceptors (Lipinski definition) is 5. The summed E-state index contributed by atoms with van der Waals surface area (Å²) >= 11 is 11.8. The summed E-state index contributed by atoms with van der Waals surface area (Å²) in [5, 5.41) is 4.39. The van der Waals surface area contributed by atoms with E-state index in [-0.39, 0.29) is 5.88 Å². The van der Waals surface area contributed by atoms with Crippen molar-refractivity contribution in [3.63, 3.8) is 0 Å². The Morgan fingerprint density at radius 3 is 2.89 bits per heavy atom. The molecule has 0 N–H and O–H groups in total. The Morgan fingerprint density at radius 1 is 1.37 bits per heavy atom. The molecule has 0 bridgehead atoms. The van der Waals surface area contributed by atoms with E-state index in [1.54, 1.807) is 19.2 Å². The maximum Gasteiger partial charge on any atom is 0.223 e. The highest BCUT2D eigenvalue weighted by atomic mass is 35.5. The lowest BCUT2D eigenvalue weighted by Crippen LogP contribution is -2.06. The standard InChI is InChI=1S/C11H9Cl2N5O/c1-6-15-9(17-19-6)5-18-10(3-12)16-8-2-7(13)4-14-11(8)18/h2,4H,3,5H2,1H3. The number of alkyl halides is 1. The Balaban J connectivity index is 2.10. The van der Waals surface area contributed by atoms with Crippen LogP contribution in [0.1, 0.15) is 17.5 Å². The van der Waals surface area contributed by atoms with Gasteiger partial charge in [0.05, 0.1) is 17.4 Å². The van der Waals surface area contributed by atoms with Gasteiger partial charge in [-0.2, -0.15) is 4.98 Å². The fraction of sp³-hybridized carbons (Fsp3) is 0.273. The molecule has 0 atom stereocenters. The predicted octanol–water partition coefficient (Wildman–Crippen LogP) is 2.56. The van der Waals surface area contributed by atoms with Crippen molar-refractivity contribution in [2.75, 3.05) is 0 Å². The lowest BCUT2D eigenvalue weighted by atomic mass is 10.4. The molecule has 0 fully saturated rings. The number of fused-ring (bicyclic) bond motifs is 1. The van der Waals surface area contributed by atoms with E-state index in [2.05, 4.69) is 20.1 Å². The van der Waals surface area contributed by atoms with Gasteiger partial charge < -0.3 is 9.09 Å². The quantitative estimate of drug-likeness (QED) is 0.695. The Labute approximate surface area is 118 Å². The van der Waals surface area contributed by atoms with Crippen LogP contribution in [0.25, 0.3) is 11.2 Å². The molecule has 0 aliphatic heterocycles. The highest BCUT2D eigenvalue weighted by Crippen LogP contribution is 2.19. The lowest BCUT2D eigenvalue weighted by molar-refractivity contribution is 0.386. The average molecular weight is 298 g/mol. The summed E-state index contributed by atoms with van der Waals surface area (Å²) < 4.78 is 6.80. The van der Waals surface area contributed by atoms with Crippen molar-refractivity contribution in [3.8, 4) is 0 Å². The summed E-state index contributed by atoms with van der Waals surface area (Å²) in [6.45, 7) is 2.15. The van der Waals surface area contributed by atoms with Crippen LogP contribution >= 0.6 is 23.2 Å². The second-order valence-corrected chi connectivity index (χ2v) is 4.68. The second-order valence-electron chi connectivity index (χ2n) is 3.97. The molecule has 98 valence electrons. The van der Waals surface area contributed by atoms with E-state index in [1.807, 2.05) is 4.57 Å². The minimum Gasteiger partial charge on any atom is -0.340 e. The lowest BCUT2D eigenvalue weighted by Gasteiger charge is -2.03. The predicted molar refractivity (Wildman–Crippen MR) is 70.2 cm³/mol. The monoisotopic (exact) mass is 297 g/mol. The van der Waals surface area contributed by atoms with Gasteiger partial charge in [-0.25, -0.2) is 9.97 Å². The molecule has 0 saturated heterocycles. The number of pyridine rings is 1. The molecule has 0 unspecified atom stereocenters. The molecule has 8 heteroatoms. The molecule has 0 radical (unpaired) electrons. The third kappa shape index (κ3) is 2.29. The Bertz CT molecular complexity index is 736. The Kier molecular flexibility index (Phi) is 3.12. The van der Waals surface area contributed by atoms with E-state index in [0.29, 0.717) is 40.3 Å². The molecule has 6 nitrogen and oxygen atoms in total. The molecular weight excluding hydrogens is 289 g/mol. The number of imidazole rings is 1. The number of aromatic nitrogens is 5. The summed E-state index contributed by atoms with van der Waals surface area (Å²) in [5.41, 5.74) is 1.39. The third-order valence-electron chi connectivity index (χ3n) is 2.62. The van der Waals surface area contributed by atoms with Gasteiger partial charge in [0.1, 0.15) is 11.3 Å². The maximum absolute atomic E-state index is 5.91. The molecule has 3 aromatic heterocycles. The molecule has 19 heavy (non-hydrogen) atoms. The van der Waals surface area contributed by atoms with Crippen molar-refractivity contribution in [2.24, 2.45) is 0 Å². The molecule has 3 rings (SSSR count). The number of nitrogens with zero attached hydrogens (tertiary/aromatic N) is 5. The molecule has 0 aliphatic carbocycles. The maximum atomic E-state index is 5.91. The summed E-state index contributed by atoms with van der Waals surface area (Å²) in [6.07, 6.45) is 1.57. The zero-order chi connectivity index (χ0) is 13.4. The summed E-state index contributed by atoms with van der Waals surface area (Å²) in [6, 6.07) is 1.75. The van der Waals surface area contributed by atoms with Crippen molar-refractivity contribution < 1.29 is 4.52 Å². The van der Waals surface area contributed by atoms with Gasteiger partial charge in [0, 0.05) is 13.1 Å². The van der Waals surface area contributed by atoms with Crippen LogP contribution in [0.3, 0.4) is 0 Å². The zero-order valence-electron chi connectivity index (χ0n) is 9.97. The normalized spacial score (nSPS) is 11.3. The highest BCUT2D eigenvalue weighted by Gasteiger charge is 2.14. The molecule has 3 aromatic rings. The molecule has 0 aliphatic rings. The van der Waals surface area contributed by atoms with Crippen LogP contribution < -0.4 is 0 Å². The Hall–Kier alpha value is -1.66. The molecule has 0 amide bonds. The van der Waals surface area contributed by atoms with Gasteiger partial charge in [-0.3, -0.25) is 0 Å². The van der Waals surface area contributed by atoms with Gasteiger partial charge in [-0.15, -0.1) is 11.6 Å². The first-order chi connectivity index (χ1) is 9.17. The summed E-state index contributed by atoms with van der Waals surface area (Å²) in [4.78, 5) is 12.8. The first-order valence-electron chi connectivity index (χ1n) is 5.53. The van der Waals surface area contributed by atoms with Gasteiger partial charge in [0.2, 0.25) is 5.89 Å². The molecule has 0 saturated carbocycles. The van der Waals surface area contributed by atoms with E-state index >= 15 is 0 Å². The van der Waals surface area contributed by atoms with Crippen molar-refractivity contribution in [1.29, 1.82) is 0 Å². The SMILES string of the molecule is Cc1nc(Cn2c(CCl)nc3cc(Cl)cnc32)no1. The molecule has 0 aromatic carbocycles. The van der Waals surface area contributed by atoms with E-state index in [1.165, 1.54) is 0 Å². The molecule has 0 spiro atoms.